The minimum atomic E-state index is -1.09. The van der Waals surface area contributed by atoms with E-state index in [-0.39, 0.29) is 11.9 Å². The van der Waals surface area contributed by atoms with Crippen molar-refractivity contribution in [2.24, 2.45) is 5.10 Å². The van der Waals surface area contributed by atoms with Gasteiger partial charge in [-0.25, -0.2) is 5.21 Å². The van der Waals surface area contributed by atoms with Gasteiger partial charge in [-0.15, -0.1) is 0 Å². The monoisotopic (exact) mass is 363 g/mol. The molecule has 9 nitrogen and oxygen atoms in total. The quantitative estimate of drug-likeness (QED) is 0.749. The molecule has 1 aromatic heterocycles. The summed E-state index contributed by atoms with van der Waals surface area (Å²) in [7, 11) is 6.48. The van der Waals surface area contributed by atoms with Crippen LogP contribution in [0.1, 0.15) is 23.8 Å². The highest BCUT2D eigenvalue weighted by Crippen LogP contribution is 2.40. The average Bonchev–Trinajstić information content (AvgIpc) is 3.27. The predicted octanol–water partition coefficient (Wildman–Crippen LogP) is 1.49. The minimum Gasteiger partial charge on any atom is -0.592 e. The zero-order valence-electron chi connectivity index (χ0n) is 15.0. The van der Waals surface area contributed by atoms with Crippen LogP contribution in [0.15, 0.2) is 33.8 Å². The van der Waals surface area contributed by atoms with Gasteiger partial charge in [0.25, 0.3) is 0 Å². The number of hydrogen-bond donors (Lipinski definition) is 2. The molecule has 140 valence electrons. The van der Waals surface area contributed by atoms with Gasteiger partial charge in [0.2, 0.25) is 5.75 Å². The minimum absolute atomic E-state index is 0.0883. The first kappa shape index (κ1) is 18.1. The van der Waals surface area contributed by atoms with E-state index < -0.39 is 5.23 Å². The molecule has 1 aromatic carbocycles. The van der Waals surface area contributed by atoms with Gasteiger partial charge in [-0.05, 0) is 18.2 Å². The molecule has 2 N–H and O–H groups in total. The summed E-state index contributed by atoms with van der Waals surface area (Å²) < 4.78 is 21.5. The van der Waals surface area contributed by atoms with Crippen LogP contribution in [0.25, 0.3) is 0 Å². The lowest BCUT2D eigenvalue weighted by Crippen LogP contribution is -2.99. The molecule has 26 heavy (non-hydrogen) atoms. The normalized spacial score (nSPS) is 17.8. The van der Waals surface area contributed by atoms with Crippen LogP contribution in [0.5, 0.6) is 17.2 Å². The predicted molar refractivity (Wildman–Crippen MR) is 92.2 cm³/mol. The van der Waals surface area contributed by atoms with Crippen LogP contribution in [0.2, 0.25) is 0 Å². The van der Waals surface area contributed by atoms with E-state index in [2.05, 4.69) is 5.10 Å². The maximum absolute atomic E-state index is 11.0. The van der Waals surface area contributed by atoms with Crippen LogP contribution < -0.4 is 19.4 Å². The Morgan fingerprint density at radius 1 is 1.19 bits per heavy atom. The highest BCUT2D eigenvalue weighted by Gasteiger charge is 2.30. The fourth-order valence-corrected chi connectivity index (χ4v) is 2.97. The first-order valence-electron chi connectivity index (χ1n) is 7.92. The Hall–Kier alpha value is -2.75. The maximum atomic E-state index is 11.0. The number of nitrogens with one attached hydrogen (secondary N) is 1. The van der Waals surface area contributed by atoms with Crippen molar-refractivity contribution in [1.29, 1.82) is 0 Å². The van der Waals surface area contributed by atoms with Crippen molar-refractivity contribution in [2.45, 2.75) is 12.5 Å². The van der Waals surface area contributed by atoms with Gasteiger partial charge in [0.15, 0.2) is 11.5 Å². The summed E-state index contributed by atoms with van der Waals surface area (Å²) in [5, 5.41) is 25.3. The molecular weight excluding hydrogens is 342 g/mol. The number of benzene rings is 1. The number of hydrogen-bond acceptors (Lipinski definition) is 8. The first-order chi connectivity index (χ1) is 12.5. The number of furan rings is 1. The Labute approximate surface area is 150 Å². The zero-order chi connectivity index (χ0) is 18.8. The van der Waals surface area contributed by atoms with E-state index in [0.29, 0.717) is 29.4 Å². The van der Waals surface area contributed by atoms with E-state index >= 15 is 0 Å². The molecule has 2 unspecified atom stereocenters. The average molecular weight is 363 g/mol. The van der Waals surface area contributed by atoms with E-state index in [0.717, 1.165) is 11.3 Å². The molecule has 2 atom stereocenters. The van der Waals surface area contributed by atoms with Crippen molar-refractivity contribution in [3.8, 4) is 17.2 Å². The number of methoxy groups -OCH3 is 3. The second-order valence-electron chi connectivity index (χ2n) is 5.76. The van der Waals surface area contributed by atoms with Crippen molar-refractivity contribution in [2.75, 3.05) is 28.4 Å². The smallest absolute Gasteiger partial charge is 0.328 e. The van der Waals surface area contributed by atoms with E-state index in [1.807, 2.05) is 19.2 Å². The van der Waals surface area contributed by atoms with Crippen LogP contribution in [0.3, 0.4) is 0 Å². The topological polar surface area (TPSA) is 104 Å². The molecule has 0 bridgehead atoms. The summed E-state index contributed by atoms with van der Waals surface area (Å²) in [6.45, 7) is 0. The maximum Gasteiger partial charge on any atom is 0.328 e. The molecule has 0 amide bonds. The van der Waals surface area contributed by atoms with Crippen LogP contribution >= 0.6 is 0 Å². The van der Waals surface area contributed by atoms with Gasteiger partial charge in [0, 0.05) is 25.1 Å². The summed E-state index contributed by atoms with van der Waals surface area (Å²) in [6.07, 6.45) is 0.557. The lowest BCUT2D eigenvalue weighted by Gasteiger charge is -2.16. The highest BCUT2D eigenvalue weighted by molar-refractivity contribution is 6.02. The van der Waals surface area contributed by atoms with Crippen LogP contribution in [0.4, 0.5) is 5.88 Å². The van der Waals surface area contributed by atoms with E-state index in [4.69, 9.17) is 23.8 Å². The number of quaternary nitrogens is 1. The fraction of sp³-hybridized carbons (Fsp3) is 0.353. The highest BCUT2D eigenvalue weighted by atomic mass is 16.8. The molecule has 0 spiro atoms. The molecule has 2 aromatic rings. The van der Waals surface area contributed by atoms with Gasteiger partial charge >= 0.3 is 5.88 Å². The Morgan fingerprint density at radius 3 is 2.35 bits per heavy atom. The molecule has 2 heterocycles. The van der Waals surface area contributed by atoms with Crippen molar-refractivity contribution in [3.63, 3.8) is 0 Å². The van der Waals surface area contributed by atoms with Crippen LogP contribution in [-0.2, 0) is 0 Å². The van der Waals surface area contributed by atoms with Gasteiger partial charge in [-0.3, -0.25) is 5.01 Å². The summed E-state index contributed by atoms with van der Waals surface area (Å²) in [6, 6.07) is 6.60. The van der Waals surface area contributed by atoms with Crippen molar-refractivity contribution in [3.05, 3.63) is 40.8 Å². The molecule has 0 radical (unpaired) electrons. The molecule has 0 saturated heterocycles. The van der Waals surface area contributed by atoms with Gasteiger partial charge in [0.1, 0.15) is 11.8 Å². The van der Waals surface area contributed by atoms with E-state index in [9.17, 15) is 5.21 Å². The Balaban J connectivity index is 1.90. The molecule has 3 rings (SSSR count). The Bertz CT molecular complexity index is 792. The molecule has 0 aliphatic carbocycles. The second kappa shape index (κ2) is 7.24. The van der Waals surface area contributed by atoms with E-state index in [1.54, 1.807) is 32.4 Å². The Morgan fingerprint density at radius 2 is 1.85 bits per heavy atom. The van der Waals surface area contributed by atoms with Gasteiger partial charge < -0.3 is 23.8 Å². The zero-order valence-corrected chi connectivity index (χ0v) is 15.0. The lowest BCUT2D eigenvalue weighted by molar-refractivity contribution is -0.997. The van der Waals surface area contributed by atoms with Crippen LogP contribution in [-0.4, -0.2) is 44.3 Å². The van der Waals surface area contributed by atoms with Crippen molar-refractivity contribution in [1.82, 2.24) is 5.01 Å². The van der Waals surface area contributed by atoms with Crippen molar-refractivity contribution >= 4 is 11.6 Å². The number of ether oxygens (including phenoxy) is 3. The van der Waals surface area contributed by atoms with E-state index in [1.165, 1.54) is 6.07 Å². The summed E-state index contributed by atoms with van der Waals surface area (Å²) in [4.78, 5) is 0. The number of nitrogens with zero attached hydrogens (tertiary/aromatic N) is 2. The molecule has 1 aliphatic rings. The number of hydrazone groups is 1. The van der Waals surface area contributed by atoms with Crippen molar-refractivity contribution < 1.29 is 29.1 Å². The summed E-state index contributed by atoms with van der Waals surface area (Å²) in [5.41, 5.74) is 1.64. The molecule has 0 fully saturated rings. The molecule has 1 aliphatic heterocycles. The second-order valence-corrected chi connectivity index (χ2v) is 5.76. The van der Waals surface area contributed by atoms with Gasteiger partial charge in [0.05, 0.1) is 27.0 Å². The standard InChI is InChI=1S/C17H21N3O6/c1-19-12(13-5-6-16(26-13)20(21)22)9-11(18-19)10-7-14(23-2)17(25-4)15(8-10)24-3/h5-8,12,20-21H,9H2,1-4H3. The molecule has 0 saturated carbocycles. The largest absolute Gasteiger partial charge is 0.592 e. The summed E-state index contributed by atoms with van der Waals surface area (Å²) in [5.74, 6) is 2.06. The molecule has 9 heteroatoms. The Kier molecular flexibility index (Phi) is 5.03. The SMILES string of the molecule is COc1cc(C2=NN(C)C(c3ccc([NH+]([O-])O)o3)C2)cc(OC)c1OC. The third kappa shape index (κ3) is 3.19. The van der Waals surface area contributed by atoms with Crippen LogP contribution in [0, 0.1) is 5.21 Å². The fourth-order valence-electron chi connectivity index (χ4n) is 2.97. The van der Waals surface area contributed by atoms with Gasteiger partial charge in [-0.1, -0.05) is 0 Å². The molecular formula is C17H21N3O6. The van der Waals surface area contributed by atoms with Gasteiger partial charge in [-0.2, -0.15) is 10.3 Å². The first-order valence-corrected chi connectivity index (χ1v) is 7.92. The summed E-state index contributed by atoms with van der Waals surface area (Å²) >= 11 is 0. The number of rotatable bonds is 6. The lowest BCUT2D eigenvalue weighted by atomic mass is 10.0. The third-order valence-electron chi connectivity index (χ3n) is 4.28. The third-order valence-corrected chi connectivity index (χ3v) is 4.28.